The number of benzene rings is 2. The van der Waals surface area contributed by atoms with Crippen molar-refractivity contribution in [1.82, 2.24) is 24.3 Å². The highest BCUT2D eigenvalue weighted by molar-refractivity contribution is 6.34. The van der Waals surface area contributed by atoms with Gasteiger partial charge >= 0.3 is 24.5 Å². The second kappa shape index (κ2) is 15.9. The van der Waals surface area contributed by atoms with Crippen LogP contribution in [0.2, 0.25) is 5.02 Å². The number of carbonyl (C=O) groups is 3. The number of urea groups is 1. The van der Waals surface area contributed by atoms with Gasteiger partial charge in [-0.05, 0) is 55.3 Å². The number of halogens is 4. The minimum Gasteiger partial charge on any atom is -0.450 e. The SMILES string of the molecule is CN1CCN(Cc2ccc(NC(=O)Nc3ccc(-c4cn(C5CC5)c5ncnc(N)c45)cc3Cl)cc2C(F)(F)F)CC1.O=C(O)O.O=C(O)O. The number of likely N-dealkylation sites (N-methyl/N-ethyl adjacent to an activating group) is 1. The fraction of sp³-hybridized carbons (Fsp3) is 0.323. The zero-order chi connectivity index (χ0) is 36.7. The van der Waals surface area contributed by atoms with Gasteiger partial charge in [-0.2, -0.15) is 13.2 Å². The number of aromatic nitrogens is 3. The monoisotopic (exact) mass is 722 g/mol. The molecule has 1 aliphatic heterocycles. The van der Waals surface area contributed by atoms with Crippen LogP contribution in [-0.2, 0) is 12.7 Å². The first-order chi connectivity index (χ1) is 23.5. The normalized spacial score (nSPS) is 14.9. The molecule has 50 heavy (non-hydrogen) atoms. The van der Waals surface area contributed by atoms with Crippen molar-refractivity contribution in [3.05, 3.63) is 65.1 Å². The highest BCUT2D eigenvalue weighted by atomic mass is 35.5. The molecule has 2 amide bonds. The zero-order valence-electron chi connectivity index (χ0n) is 26.5. The van der Waals surface area contributed by atoms with Gasteiger partial charge in [0, 0.05) is 56.2 Å². The number of piperazine rings is 1. The van der Waals surface area contributed by atoms with Crippen LogP contribution in [0.15, 0.2) is 48.9 Å². The van der Waals surface area contributed by atoms with E-state index in [-0.39, 0.29) is 22.8 Å². The average Bonchev–Trinajstić information content (AvgIpc) is 3.79. The number of carbonyl (C=O) groups excluding carboxylic acids is 1. The van der Waals surface area contributed by atoms with Gasteiger partial charge in [0.1, 0.15) is 17.8 Å². The van der Waals surface area contributed by atoms with Gasteiger partial charge in [0.15, 0.2) is 0 Å². The number of hydrogen-bond acceptors (Lipinski definition) is 8. The summed E-state index contributed by atoms with van der Waals surface area (Å²) in [5, 5.41) is 34.0. The molecule has 15 nitrogen and oxygen atoms in total. The van der Waals surface area contributed by atoms with Gasteiger partial charge < -0.3 is 46.3 Å². The van der Waals surface area contributed by atoms with E-state index in [4.69, 9.17) is 47.3 Å². The van der Waals surface area contributed by atoms with E-state index < -0.39 is 30.1 Å². The Morgan fingerprint density at radius 1 is 0.960 bits per heavy atom. The lowest BCUT2D eigenvalue weighted by Gasteiger charge is -2.33. The van der Waals surface area contributed by atoms with E-state index in [1.807, 2.05) is 18.1 Å². The van der Waals surface area contributed by atoms with Crippen molar-refractivity contribution in [1.29, 1.82) is 0 Å². The van der Waals surface area contributed by atoms with Crippen LogP contribution in [0, 0.1) is 0 Å². The molecule has 0 unspecified atom stereocenters. The van der Waals surface area contributed by atoms with Gasteiger partial charge in [-0.3, -0.25) is 4.90 Å². The second-order valence-electron chi connectivity index (χ2n) is 11.4. The molecule has 0 bridgehead atoms. The Morgan fingerprint density at radius 2 is 1.60 bits per heavy atom. The van der Waals surface area contributed by atoms with Crippen molar-refractivity contribution < 1.29 is 48.0 Å². The summed E-state index contributed by atoms with van der Waals surface area (Å²) in [5.41, 5.74) is 8.27. The molecule has 2 aliphatic rings. The van der Waals surface area contributed by atoms with Crippen molar-refractivity contribution in [2.75, 3.05) is 49.6 Å². The maximum absolute atomic E-state index is 13.9. The highest BCUT2D eigenvalue weighted by Crippen LogP contribution is 2.42. The van der Waals surface area contributed by atoms with Gasteiger partial charge in [0.25, 0.3) is 0 Å². The van der Waals surface area contributed by atoms with E-state index in [1.165, 1.54) is 18.5 Å². The van der Waals surface area contributed by atoms with Crippen LogP contribution in [0.5, 0.6) is 0 Å². The summed E-state index contributed by atoms with van der Waals surface area (Å²) in [4.78, 5) is 42.6. The van der Waals surface area contributed by atoms with Crippen LogP contribution < -0.4 is 16.4 Å². The summed E-state index contributed by atoms with van der Waals surface area (Å²) in [7, 11) is 1.99. The van der Waals surface area contributed by atoms with Crippen molar-refractivity contribution >= 4 is 58.2 Å². The Morgan fingerprint density at radius 3 is 2.18 bits per heavy atom. The second-order valence-corrected chi connectivity index (χ2v) is 11.8. The van der Waals surface area contributed by atoms with Crippen LogP contribution in [0.3, 0.4) is 0 Å². The highest BCUT2D eigenvalue weighted by Gasteiger charge is 2.34. The maximum atomic E-state index is 13.9. The number of hydrogen-bond donors (Lipinski definition) is 7. The maximum Gasteiger partial charge on any atom is 0.503 e. The van der Waals surface area contributed by atoms with Gasteiger partial charge in [0.2, 0.25) is 0 Å². The van der Waals surface area contributed by atoms with E-state index in [9.17, 15) is 18.0 Å². The fourth-order valence-electron chi connectivity index (χ4n) is 5.33. The van der Waals surface area contributed by atoms with Crippen molar-refractivity contribution in [2.45, 2.75) is 31.6 Å². The van der Waals surface area contributed by atoms with Crippen LogP contribution in [0.1, 0.15) is 30.0 Å². The number of nitrogens with two attached hydrogens (primary N) is 1. The van der Waals surface area contributed by atoms with Crippen molar-refractivity contribution in [3.8, 4) is 11.1 Å². The number of nitrogens with zero attached hydrogens (tertiary/aromatic N) is 5. The molecule has 0 spiro atoms. The summed E-state index contributed by atoms with van der Waals surface area (Å²) in [6.07, 6.45) is -2.67. The first kappa shape index (κ1) is 37.5. The van der Waals surface area contributed by atoms with Gasteiger partial charge in [-0.1, -0.05) is 23.7 Å². The van der Waals surface area contributed by atoms with Crippen molar-refractivity contribution in [2.24, 2.45) is 0 Å². The quantitative estimate of drug-likeness (QED) is 0.113. The molecule has 8 N–H and O–H groups in total. The predicted molar refractivity (Wildman–Crippen MR) is 179 cm³/mol. The van der Waals surface area contributed by atoms with Crippen molar-refractivity contribution in [3.63, 3.8) is 0 Å². The minimum absolute atomic E-state index is 0.0260. The van der Waals surface area contributed by atoms with Crippen LogP contribution in [-0.4, -0.2) is 96.3 Å². The Balaban J connectivity index is 0.000000637. The molecule has 1 saturated heterocycles. The molecule has 6 rings (SSSR count). The third kappa shape index (κ3) is 10.1. The first-order valence-electron chi connectivity index (χ1n) is 15.0. The summed E-state index contributed by atoms with van der Waals surface area (Å²) in [6.45, 7) is 3.18. The summed E-state index contributed by atoms with van der Waals surface area (Å²) >= 11 is 6.54. The lowest BCUT2D eigenvalue weighted by atomic mass is 10.0. The van der Waals surface area contributed by atoms with E-state index in [1.54, 1.807) is 18.2 Å². The third-order valence-corrected chi connectivity index (χ3v) is 8.08. The van der Waals surface area contributed by atoms with Crippen LogP contribution in [0.25, 0.3) is 22.2 Å². The Hall–Kier alpha value is -5.33. The van der Waals surface area contributed by atoms with E-state index >= 15 is 0 Å². The van der Waals surface area contributed by atoms with E-state index in [0.717, 1.165) is 54.2 Å². The molecule has 0 atom stereocenters. The Kier molecular flexibility index (Phi) is 11.9. The number of nitrogens with one attached hydrogen (secondary N) is 2. The predicted octanol–water partition coefficient (Wildman–Crippen LogP) is 6.52. The standard InChI is InChI=1S/C29H30ClF3N8O.2CH2O3/c1-39-8-10-40(11-9-39)14-18-2-4-19(13-22(18)29(31,32)33)37-28(42)38-24-7-3-17(12-23(24)30)21-15-41(20-5-6-20)27-25(21)26(34)35-16-36-27;2*2-1(3)4/h2-4,7,12-13,15-16,20H,5-6,8-11,14H2,1H3,(H2,34,35,36)(H2,37,38,42);2*(H2,2,3,4). The minimum atomic E-state index is -4.56. The Labute approximate surface area is 287 Å². The Bertz CT molecular complexity index is 1840. The summed E-state index contributed by atoms with van der Waals surface area (Å²) in [5.74, 6) is 0.361. The molecule has 268 valence electrons. The zero-order valence-corrected chi connectivity index (χ0v) is 27.2. The largest absolute Gasteiger partial charge is 0.503 e. The molecule has 1 saturated carbocycles. The molecule has 2 fully saturated rings. The smallest absolute Gasteiger partial charge is 0.450 e. The number of amides is 2. The fourth-order valence-corrected chi connectivity index (χ4v) is 5.56. The summed E-state index contributed by atoms with van der Waals surface area (Å²) < 4.78 is 43.9. The number of carboxylic acid groups (broad SMARTS) is 4. The molecule has 3 heterocycles. The number of rotatable bonds is 6. The van der Waals surface area contributed by atoms with E-state index in [0.29, 0.717) is 30.6 Å². The first-order valence-corrected chi connectivity index (χ1v) is 15.3. The van der Waals surface area contributed by atoms with E-state index in [2.05, 4.69) is 30.1 Å². The molecule has 2 aromatic heterocycles. The number of anilines is 3. The molecule has 1 aliphatic carbocycles. The third-order valence-electron chi connectivity index (χ3n) is 7.77. The molecular weight excluding hydrogens is 689 g/mol. The van der Waals surface area contributed by atoms with Crippen LogP contribution in [0.4, 0.5) is 44.7 Å². The molecule has 19 heteroatoms. The molecule has 2 aromatic carbocycles. The van der Waals surface area contributed by atoms with Crippen LogP contribution >= 0.6 is 11.6 Å². The van der Waals surface area contributed by atoms with Gasteiger partial charge in [-0.15, -0.1) is 0 Å². The number of fused-ring (bicyclic) bond motifs is 1. The van der Waals surface area contributed by atoms with Gasteiger partial charge in [0.05, 0.1) is 21.7 Å². The number of nitrogen functional groups attached to an aromatic ring is 1. The molecule has 4 aromatic rings. The lowest BCUT2D eigenvalue weighted by molar-refractivity contribution is -0.138. The average molecular weight is 723 g/mol. The summed E-state index contributed by atoms with van der Waals surface area (Å²) in [6, 6.07) is 8.65. The number of alkyl halides is 3. The lowest BCUT2D eigenvalue weighted by Crippen LogP contribution is -2.44. The molecule has 0 radical (unpaired) electrons. The molecular formula is C31H34ClF3N8O7. The topological polar surface area (TPSA) is 219 Å². The van der Waals surface area contributed by atoms with Gasteiger partial charge in [-0.25, -0.2) is 24.4 Å².